The summed E-state index contributed by atoms with van der Waals surface area (Å²) in [5, 5.41) is 8.72. The average molecular weight is 432 g/mol. The molecule has 0 atom stereocenters. The minimum Gasteiger partial charge on any atom is -0.348 e. The van der Waals surface area contributed by atoms with E-state index in [1.165, 1.54) is 5.56 Å². The van der Waals surface area contributed by atoms with Gasteiger partial charge in [0.1, 0.15) is 0 Å². The average Bonchev–Trinajstić information content (AvgIpc) is 2.78. The van der Waals surface area contributed by atoms with Gasteiger partial charge in [0.05, 0.1) is 0 Å². The lowest BCUT2D eigenvalue weighted by atomic mass is 10.0. The molecule has 3 rings (SSSR count). The van der Waals surface area contributed by atoms with Crippen molar-refractivity contribution in [3.05, 3.63) is 101 Å². The summed E-state index contributed by atoms with van der Waals surface area (Å²) in [6, 6.07) is 24.1. The van der Waals surface area contributed by atoms with Crippen LogP contribution in [0.4, 0.5) is 5.69 Å². The number of nitrogens with one attached hydrogen (secondary N) is 3. The van der Waals surface area contributed by atoms with E-state index in [-0.39, 0.29) is 16.9 Å². The van der Waals surface area contributed by atoms with Crippen molar-refractivity contribution >= 4 is 34.8 Å². The molecule has 5 nitrogen and oxygen atoms in total. The molecule has 0 saturated heterocycles. The lowest BCUT2D eigenvalue weighted by molar-refractivity contribution is 0.0948. The number of rotatable bonds is 6. The predicted molar refractivity (Wildman–Crippen MR) is 128 cm³/mol. The maximum atomic E-state index is 12.4. The van der Waals surface area contributed by atoms with Crippen molar-refractivity contribution in [1.29, 1.82) is 0 Å². The molecule has 0 heterocycles. The van der Waals surface area contributed by atoms with E-state index in [0.29, 0.717) is 29.3 Å². The van der Waals surface area contributed by atoms with E-state index >= 15 is 0 Å². The van der Waals surface area contributed by atoms with Gasteiger partial charge in [-0.15, -0.1) is 0 Å². The highest BCUT2D eigenvalue weighted by Gasteiger charge is 2.10. The van der Waals surface area contributed by atoms with Gasteiger partial charge in [0, 0.05) is 23.4 Å². The minimum absolute atomic E-state index is 0.156. The summed E-state index contributed by atoms with van der Waals surface area (Å²) in [5.74, 6) is -0.0240. The maximum Gasteiger partial charge on any atom is 0.257 e. The first-order valence-electron chi connectivity index (χ1n) is 10.1. The van der Waals surface area contributed by atoms with Crippen LogP contribution < -0.4 is 16.0 Å². The Morgan fingerprint density at radius 1 is 0.806 bits per heavy atom. The molecule has 0 fully saturated rings. The fourth-order valence-corrected chi connectivity index (χ4v) is 3.15. The van der Waals surface area contributed by atoms with Crippen molar-refractivity contribution < 1.29 is 9.59 Å². The number of hydrogen-bond acceptors (Lipinski definition) is 3. The molecule has 0 radical (unpaired) electrons. The van der Waals surface area contributed by atoms with Gasteiger partial charge in [-0.2, -0.15) is 0 Å². The van der Waals surface area contributed by atoms with Gasteiger partial charge in [-0.05, 0) is 65.7 Å². The third-order valence-electron chi connectivity index (χ3n) is 4.77. The van der Waals surface area contributed by atoms with Crippen LogP contribution in [0.5, 0.6) is 0 Å². The third-order valence-corrected chi connectivity index (χ3v) is 4.97. The Balaban J connectivity index is 1.51. The zero-order valence-corrected chi connectivity index (χ0v) is 18.3. The van der Waals surface area contributed by atoms with Crippen molar-refractivity contribution in [3.63, 3.8) is 0 Å². The molecule has 0 aliphatic carbocycles. The Labute approximate surface area is 187 Å². The smallest absolute Gasteiger partial charge is 0.257 e. The van der Waals surface area contributed by atoms with Crippen molar-refractivity contribution in [1.82, 2.24) is 10.6 Å². The van der Waals surface area contributed by atoms with Gasteiger partial charge in [0.2, 0.25) is 0 Å². The molecule has 31 heavy (non-hydrogen) atoms. The summed E-state index contributed by atoms with van der Waals surface area (Å²) >= 11 is 5.24. The Morgan fingerprint density at radius 3 is 2.00 bits per heavy atom. The van der Waals surface area contributed by atoms with Crippen LogP contribution in [0.15, 0.2) is 78.9 Å². The monoisotopic (exact) mass is 431 g/mol. The molecule has 0 aliphatic rings. The molecule has 3 aromatic carbocycles. The second-order valence-corrected chi connectivity index (χ2v) is 7.84. The van der Waals surface area contributed by atoms with Gasteiger partial charge in [-0.3, -0.25) is 14.9 Å². The number of amides is 2. The summed E-state index contributed by atoms with van der Waals surface area (Å²) in [4.78, 5) is 24.7. The molecule has 0 aromatic heterocycles. The van der Waals surface area contributed by atoms with E-state index in [0.717, 1.165) is 5.56 Å². The van der Waals surface area contributed by atoms with Crippen LogP contribution in [0.1, 0.15) is 51.6 Å². The van der Waals surface area contributed by atoms with Gasteiger partial charge < -0.3 is 10.6 Å². The largest absolute Gasteiger partial charge is 0.348 e. The predicted octanol–water partition coefficient (Wildman–Crippen LogP) is 4.87. The minimum atomic E-state index is -0.273. The van der Waals surface area contributed by atoms with Gasteiger partial charge in [0.15, 0.2) is 5.11 Å². The molecular weight excluding hydrogens is 406 g/mol. The first kappa shape index (κ1) is 22.2. The van der Waals surface area contributed by atoms with Gasteiger partial charge in [-0.25, -0.2) is 0 Å². The quantitative estimate of drug-likeness (QED) is 0.487. The Morgan fingerprint density at radius 2 is 1.39 bits per heavy atom. The highest BCUT2D eigenvalue weighted by molar-refractivity contribution is 7.80. The fourth-order valence-electron chi connectivity index (χ4n) is 2.94. The Kier molecular flexibility index (Phi) is 7.51. The van der Waals surface area contributed by atoms with Crippen LogP contribution in [0, 0.1) is 0 Å². The van der Waals surface area contributed by atoms with Crippen molar-refractivity contribution in [2.24, 2.45) is 0 Å². The lowest BCUT2D eigenvalue weighted by Crippen LogP contribution is -2.34. The van der Waals surface area contributed by atoms with Crippen molar-refractivity contribution in [3.8, 4) is 0 Å². The van der Waals surface area contributed by atoms with Gasteiger partial charge in [0.25, 0.3) is 11.8 Å². The maximum absolute atomic E-state index is 12.4. The van der Waals surface area contributed by atoms with Crippen molar-refractivity contribution in [2.45, 2.75) is 26.3 Å². The summed E-state index contributed by atoms with van der Waals surface area (Å²) in [6.07, 6.45) is 0. The molecule has 3 N–H and O–H groups in total. The molecule has 0 spiro atoms. The highest BCUT2D eigenvalue weighted by Crippen LogP contribution is 2.15. The third kappa shape index (κ3) is 6.49. The topological polar surface area (TPSA) is 70.2 Å². The number of carbonyl (C=O) groups excluding carboxylic acids is 2. The Hall–Kier alpha value is -3.51. The van der Waals surface area contributed by atoms with Crippen molar-refractivity contribution in [2.75, 3.05) is 5.32 Å². The van der Waals surface area contributed by atoms with E-state index in [2.05, 4.69) is 29.8 Å². The van der Waals surface area contributed by atoms with E-state index in [4.69, 9.17) is 12.2 Å². The SMILES string of the molecule is CC(C)c1ccc(C(=O)NC(=S)Nc2ccc(C(=O)NCc3ccccc3)cc2)cc1. The molecule has 6 heteroatoms. The molecular formula is C25H25N3O2S. The summed E-state index contributed by atoms with van der Waals surface area (Å²) in [7, 11) is 0. The number of benzene rings is 3. The van der Waals surface area contributed by atoms with Gasteiger partial charge >= 0.3 is 0 Å². The first-order valence-corrected chi connectivity index (χ1v) is 10.5. The van der Waals surface area contributed by atoms with E-state index < -0.39 is 0 Å². The second kappa shape index (κ2) is 10.5. The number of anilines is 1. The number of carbonyl (C=O) groups is 2. The van der Waals surface area contributed by atoms with Crippen LogP contribution in [0.3, 0.4) is 0 Å². The molecule has 0 saturated carbocycles. The zero-order valence-electron chi connectivity index (χ0n) is 17.5. The summed E-state index contributed by atoms with van der Waals surface area (Å²) in [6.45, 7) is 4.67. The zero-order chi connectivity index (χ0) is 22.2. The fraction of sp³-hybridized carbons (Fsp3) is 0.160. The summed E-state index contributed by atoms with van der Waals surface area (Å²) in [5.41, 5.74) is 3.97. The van der Waals surface area contributed by atoms with Crippen LogP contribution in [-0.4, -0.2) is 16.9 Å². The number of hydrogen-bond donors (Lipinski definition) is 3. The molecule has 2 amide bonds. The van der Waals surface area contributed by atoms with E-state index in [9.17, 15) is 9.59 Å². The lowest BCUT2D eigenvalue weighted by Gasteiger charge is -2.11. The summed E-state index contributed by atoms with van der Waals surface area (Å²) < 4.78 is 0. The van der Waals surface area contributed by atoms with E-state index in [1.807, 2.05) is 42.5 Å². The first-order chi connectivity index (χ1) is 14.9. The number of thiocarbonyl (C=S) groups is 1. The van der Waals surface area contributed by atoms with Crippen LogP contribution >= 0.6 is 12.2 Å². The van der Waals surface area contributed by atoms with Crippen LogP contribution in [0.25, 0.3) is 0 Å². The standard InChI is InChI=1S/C25H25N3O2S/c1-17(2)19-8-10-21(11-9-19)24(30)28-25(31)27-22-14-12-20(13-15-22)23(29)26-16-18-6-4-3-5-7-18/h3-15,17H,16H2,1-2H3,(H,26,29)(H2,27,28,30,31). The molecule has 0 bridgehead atoms. The Bertz CT molecular complexity index is 1050. The normalized spacial score (nSPS) is 10.4. The molecule has 0 aliphatic heterocycles. The highest BCUT2D eigenvalue weighted by atomic mass is 32.1. The van der Waals surface area contributed by atoms with Gasteiger partial charge in [-0.1, -0.05) is 56.3 Å². The molecule has 158 valence electrons. The molecule has 0 unspecified atom stereocenters. The second-order valence-electron chi connectivity index (χ2n) is 7.43. The van der Waals surface area contributed by atoms with Crippen LogP contribution in [-0.2, 0) is 6.54 Å². The van der Waals surface area contributed by atoms with Crippen LogP contribution in [0.2, 0.25) is 0 Å². The molecule has 3 aromatic rings. The van der Waals surface area contributed by atoms with E-state index in [1.54, 1.807) is 36.4 Å².